The van der Waals surface area contributed by atoms with Crippen LogP contribution in [0, 0.1) is 5.92 Å². The molecule has 1 aliphatic heterocycles. The molecular formula is C20H26Cl3N3O. The highest BCUT2D eigenvalue weighted by molar-refractivity contribution is 6.31. The lowest BCUT2D eigenvalue weighted by Gasteiger charge is -2.38. The summed E-state index contributed by atoms with van der Waals surface area (Å²) < 4.78 is 0. The van der Waals surface area contributed by atoms with E-state index in [-0.39, 0.29) is 36.8 Å². The maximum Gasteiger partial charge on any atom is 0.254 e. The molecule has 2 atom stereocenters. The van der Waals surface area contributed by atoms with Gasteiger partial charge in [0.15, 0.2) is 0 Å². The average molecular weight is 431 g/mol. The Labute approximate surface area is 177 Å². The highest BCUT2D eigenvalue weighted by atomic mass is 35.5. The van der Waals surface area contributed by atoms with Gasteiger partial charge in [-0.2, -0.15) is 0 Å². The molecule has 1 aromatic carbocycles. The van der Waals surface area contributed by atoms with Gasteiger partial charge >= 0.3 is 0 Å². The van der Waals surface area contributed by atoms with Crippen LogP contribution in [0.5, 0.6) is 0 Å². The van der Waals surface area contributed by atoms with E-state index in [9.17, 15) is 4.79 Å². The van der Waals surface area contributed by atoms with Gasteiger partial charge in [-0.3, -0.25) is 9.78 Å². The lowest BCUT2D eigenvalue weighted by molar-refractivity contribution is 0.0575. The van der Waals surface area contributed by atoms with Gasteiger partial charge in [0.2, 0.25) is 0 Å². The number of rotatable bonds is 3. The third-order valence-electron chi connectivity index (χ3n) is 5.53. The number of benzene rings is 1. The number of halogens is 3. The molecule has 4 nitrogen and oxygen atoms in total. The van der Waals surface area contributed by atoms with E-state index in [0.29, 0.717) is 23.4 Å². The van der Waals surface area contributed by atoms with Crippen LogP contribution in [0.2, 0.25) is 5.02 Å². The molecule has 27 heavy (non-hydrogen) atoms. The van der Waals surface area contributed by atoms with Gasteiger partial charge in [-0.1, -0.05) is 18.5 Å². The zero-order chi connectivity index (χ0) is 17.6. The van der Waals surface area contributed by atoms with E-state index in [1.165, 1.54) is 0 Å². The van der Waals surface area contributed by atoms with Crippen LogP contribution in [0.3, 0.4) is 0 Å². The summed E-state index contributed by atoms with van der Waals surface area (Å²) in [6.07, 6.45) is 4.32. The summed E-state index contributed by atoms with van der Waals surface area (Å²) in [5.41, 5.74) is 8.58. The van der Waals surface area contributed by atoms with E-state index in [1.54, 1.807) is 0 Å². The van der Waals surface area contributed by atoms with Crippen LogP contribution in [-0.2, 0) is 0 Å². The predicted molar refractivity (Wildman–Crippen MR) is 116 cm³/mol. The number of nitrogens with zero attached hydrogens (tertiary/aromatic N) is 2. The first-order chi connectivity index (χ1) is 12.1. The summed E-state index contributed by atoms with van der Waals surface area (Å²) in [6, 6.07) is 7.72. The molecule has 1 amide bonds. The Bertz CT molecular complexity index is 825. The van der Waals surface area contributed by atoms with Crippen molar-refractivity contribution >= 4 is 53.2 Å². The molecule has 2 unspecified atom stereocenters. The Morgan fingerprint density at radius 3 is 2.67 bits per heavy atom. The number of aromatic nitrogens is 1. The highest BCUT2D eigenvalue weighted by Crippen LogP contribution is 2.40. The minimum atomic E-state index is 0. The van der Waals surface area contributed by atoms with Crippen molar-refractivity contribution in [2.75, 3.05) is 13.1 Å². The van der Waals surface area contributed by atoms with Gasteiger partial charge in [-0.25, -0.2) is 0 Å². The number of fused-ring (bicyclic) bond motifs is 1. The quantitative estimate of drug-likeness (QED) is 0.760. The molecule has 0 spiro atoms. The van der Waals surface area contributed by atoms with Crippen molar-refractivity contribution in [2.45, 2.75) is 44.6 Å². The molecule has 2 aliphatic rings. The molecule has 1 saturated carbocycles. The first-order valence-corrected chi connectivity index (χ1v) is 9.56. The Morgan fingerprint density at radius 2 is 2.00 bits per heavy atom. The average Bonchev–Trinajstić information content (AvgIpc) is 3.45. The molecule has 1 aliphatic carbocycles. The topological polar surface area (TPSA) is 59.2 Å². The van der Waals surface area contributed by atoms with Crippen molar-refractivity contribution in [1.29, 1.82) is 0 Å². The van der Waals surface area contributed by atoms with E-state index >= 15 is 0 Å². The second-order valence-corrected chi connectivity index (χ2v) is 7.98. The van der Waals surface area contributed by atoms with Crippen molar-refractivity contribution in [2.24, 2.45) is 11.7 Å². The summed E-state index contributed by atoms with van der Waals surface area (Å²) in [6.45, 7) is 3.51. The summed E-state index contributed by atoms with van der Waals surface area (Å²) in [5, 5.41) is 1.47. The Kier molecular flexibility index (Phi) is 7.37. The van der Waals surface area contributed by atoms with E-state index in [2.05, 4.69) is 6.92 Å². The second kappa shape index (κ2) is 8.95. The van der Waals surface area contributed by atoms with Crippen LogP contribution in [-0.4, -0.2) is 34.9 Å². The lowest BCUT2D eigenvalue weighted by atomic mass is 9.91. The predicted octanol–water partition coefficient (Wildman–Crippen LogP) is 4.81. The molecule has 2 heterocycles. The van der Waals surface area contributed by atoms with Gasteiger partial charge in [-0.05, 0) is 55.9 Å². The molecule has 7 heteroatoms. The minimum Gasteiger partial charge on any atom is -0.334 e. The molecule has 1 aromatic heterocycles. The summed E-state index contributed by atoms with van der Waals surface area (Å²) in [7, 11) is 0. The first kappa shape index (κ1) is 22.2. The van der Waals surface area contributed by atoms with Gasteiger partial charge in [0.1, 0.15) is 0 Å². The van der Waals surface area contributed by atoms with Crippen LogP contribution in [0.1, 0.15) is 54.6 Å². The third-order valence-corrected chi connectivity index (χ3v) is 5.76. The molecule has 0 radical (unpaired) electrons. The van der Waals surface area contributed by atoms with Crippen molar-refractivity contribution in [3.63, 3.8) is 0 Å². The van der Waals surface area contributed by atoms with Gasteiger partial charge in [0, 0.05) is 41.2 Å². The van der Waals surface area contributed by atoms with E-state index in [4.69, 9.17) is 22.3 Å². The van der Waals surface area contributed by atoms with Crippen LogP contribution >= 0.6 is 36.4 Å². The molecule has 148 valence electrons. The fourth-order valence-electron chi connectivity index (χ4n) is 3.88. The van der Waals surface area contributed by atoms with Crippen molar-refractivity contribution in [1.82, 2.24) is 9.88 Å². The van der Waals surface area contributed by atoms with Gasteiger partial charge in [0.05, 0.1) is 11.1 Å². The molecule has 0 bridgehead atoms. The SMILES string of the molecule is CC1CCN(C(=O)c2cc(C3CC3)nc3ccc(Cl)cc23)C(CN)C1.Cl.Cl. The number of nitrogens with two attached hydrogens (primary N) is 1. The summed E-state index contributed by atoms with van der Waals surface area (Å²) in [5.74, 6) is 1.18. The molecule has 2 aromatic rings. The number of hydrogen-bond donors (Lipinski definition) is 1. The number of piperidine rings is 1. The molecule has 4 rings (SSSR count). The number of amides is 1. The number of pyridine rings is 1. The normalized spacial score (nSPS) is 22.1. The Hall–Kier alpha value is -1.07. The maximum atomic E-state index is 13.4. The highest BCUT2D eigenvalue weighted by Gasteiger charge is 2.32. The van der Waals surface area contributed by atoms with E-state index in [1.807, 2.05) is 29.2 Å². The van der Waals surface area contributed by atoms with Gasteiger partial charge in [-0.15, -0.1) is 24.8 Å². The summed E-state index contributed by atoms with van der Waals surface area (Å²) in [4.78, 5) is 20.1. The van der Waals surface area contributed by atoms with E-state index < -0.39 is 0 Å². The number of carbonyl (C=O) groups is 1. The molecule has 2 fully saturated rings. The van der Waals surface area contributed by atoms with Crippen molar-refractivity contribution in [3.8, 4) is 0 Å². The molecule has 1 saturated heterocycles. The summed E-state index contributed by atoms with van der Waals surface area (Å²) >= 11 is 6.20. The molecular weight excluding hydrogens is 405 g/mol. The van der Waals surface area contributed by atoms with Gasteiger partial charge in [0.25, 0.3) is 5.91 Å². The fraction of sp³-hybridized carbons (Fsp3) is 0.500. The zero-order valence-electron chi connectivity index (χ0n) is 15.4. The standard InChI is InChI=1S/C20H24ClN3O.2ClH/c1-12-6-7-24(15(8-12)11-22)20(25)17-10-19(13-2-3-13)23-18-5-4-14(21)9-16(17)18;;/h4-5,9-10,12-13,15H,2-3,6-8,11,22H2,1H3;2*1H. The minimum absolute atomic E-state index is 0. The maximum absolute atomic E-state index is 13.4. The van der Waals surface area contributed by atoms with Crippen LogP contribution in [0.25, 0.3) is 10.9 Å². The number of carbonyl (C=O) groups excluding carboxylic acids is 1. The number of likely N-dealkylation sites (tertiary alicyclic amines) is 1. The van der Waals surface area contributed by atoms with Crippen LogP contribution in [0.15, 0.2) is 24.3 Å². The fourth-order valence-corrected chi connectivity index (χ4v) is 4.05. The first-order valence-electron chi connectivity index (χ1n) is 9.18. The third kappa shape index (κ3) is 4.51. The smallest absolute Gasteiger partial charge is 0.254 e. The van der Waals surface area contributed by atoms with Crippen molar-refractivity contribution < 1.29 is 4.79 Å². The number of hydrogen-bond acceptors (Lipinski definition) is 3. The van der Waals surface area contributed by atoms with Crippen LogP contribution in [0.4, 0.5) is 0 Å². The molecule has 2 N–H and O–H groups in total. The van der Waals surface area contributed by atoms with Gasteiger partial charge < -0.3 is 10.6 Å². The Balaban J connectivity index is 0.00000131. The lowest BCUT2D eigenvalue weighted by Crippen LogP contribution is -2.49. The zero-order valence-corrected chi connectivity index (χ0v) is 17.7. The largest absolute Gasteiger partial charge is 0.334 e. The monoisotopic (exact) mass is 429 g/mol. The van der Waals surface area contributed by atoms with Crippen molar-refractivity contribution in [3.05, 3.63) is 40.5 Å². The van der Waals surface area contributed by atoms with E-state index in [0.717, 1.165) is 54.4 Å². The second-order valence-electron chi connectivity index (χ2n) is 7.55. The van der Waals surface area contributed by atoms with Crippen LogP contribution < -0.4 is 5.73 Å². The Morgan fingerprint density at radius 1 is 1.26 bits per heavy atom.